The fourth-order valence-corrected chi connectivity index (χ4v) is 2.59. The Morgan fingerprint density at radius 1 is 0.960 bits per heavy atom. The van der Waals surface area contributed by atoms with Gasteiger partial charge in [0.15, 0.2) is 0 Å². The Kier molecular flexibility index (Phi) is 6.42. The largest absolute Gasteiger partial charge is 0.378 e. The lowest BCUT2D eigenvalue weighted by molar-refractivity contribution is 0.243. The average molecular weight is 340 g/mol. The fraction of sp³-hybridized carbons (Fsp3) is 0.350. The minimum Gasteiger partial charge on any atom is -0.378 e. The predicted octanol–water partition coefficient (Wildman–Crippen LogP) is 3.49. The van der Waals surface area contributed by atoms with Crippen molar-refractivity contribution in [1.29, 1.82) is 0 Å². The summed E-state index contributed by atoms with van der Waals surface area (Å²) in [5.74, 6) is 0. The number of nitrogens with one attached hydrogen (secondary N) is 2. The highest BCUT2D eigenvalue weighted by molar-refractivity contribution is 5.89. The Balaban J connectivity index is 1.96. The van der Waals surface area contributed by atoms with Gasteiger partial charge >= 0.3 is 6.03 Å². The second-order valence-corrected chi connectivity index (χ2v) is 6.67. The second kappa shape index (κ2) is 8.53. The summed E-state index contributed by atoms with van der Waals surface area (Å²) in [5.41, 5.74) is 4.29. The number of carbonyl (C=O) groups is 1. The molecule has 0 saturated heterocycles. The van der Waals surface area contributed by atoms with Crippen molar-refractivity contribution in [3.63, 3.8) is 0 Å². The van der Waals surface area contributed by atoms with Crippen LogP contribution in [0.15, 0.2) is 48.5 Å². The lowest BCUT2D eigenvalue weighted by atomic mass is 10.1. The summed E-state index contributed by atoms with van der Waals surface area (Å²) in [5, 5.41) is 5.82. The minimum atomic E-state index is -0.194. The van der Waals surface area contributed by atoms with E-state index in [1.165, 1.54) is 11.1 Å². The van der Waals surface area contributed by atoms with Gasteiger partial charge in [0, 0.05) is 32.0 Å². The molecule has 2 N–H and O–H groups in total. The molecule has 0 bridgehead atoms. The molecule has 0 radical (unpaired) electrons. The number of likely N-dealkylation sites (N-methyl/N-ethyl adjacent to an activating group) is 1. The zero-order valence-electron chi connectivity index (χ0n) is 15.7. The van der Waals surface area contributed by atoms with Crippen LogP contribution in [0.3, 0.4) is 0 Å². The zero-order chi connectivity index (χ0) is 18.4. The number of amides is 2. The molecule has 134 valence electrons. The third-order valence-corrected chi connectivity index (χ3v) is 4.18. The Bertz CT molecular complexity index is 678. The van der Waals surface area contributed by atoms with Crippen LogP contribution >= 0.6 is 0 Å². The third-order valence-electron chi connectivity index (χ3n) is 4.18. The van der Waals surface area contributed by atoms with Crippen LogP contribution in [-0.4, -0.2) is 45.7 Å². The first kappa shape index (κ1) is 18.8. The predicted molar refractivity (Wildman–Crippen MR) is 105 cm³/mol. The lowest BCUT2D eigenvalue weighted by Gasteiger charge is -2.26. The molecule has 0 aliphatic heterocycles. The number of carbonyl (C=O) groups excluding carboxylic acids is 1. The van der Waals surface area contributed by atoms with Crippen molar-refractivity contribution in [3.8, 4) is 0 Å². The van der Waals surface area contributed by atoms with E-state index in [0.29, 0.717) is 6.54 Å². The van der Waals surface area contributed by atoms with Crippen LogP contribution in [0.25, 0.3) is 0 Å². The van der Waals surface area contributed by atoms with Crippen molar-refractivity contribution < 1.29 is 4.79 Å². The summed E-state index contributed by atoms with van der Waals surface area (Å²) in [7, 11) is 8.08. The first-order valence-electron chi connectivity index (χ1n) is 8.42. The molecule has 5 nitrogen and oxygen atoms in total. The maximum atomic E-state index is 12.2. The van der Waals surface area contributed by atoms with Gasteiger partial charge in [-0.1, -0.05) is 29.8 Å². The molecule has 0 aromatic heterocycles. The van der Waals surface area contributed by atoms with Crippen molar-refractivity contribution in [2.75, 3.05) is 45.0 Å². The summed E-state index contributed by atoms with van der Waals surface area (Å²) < 4.78 is 0. The van der Waals surface area contributed by atoms with Crippen molar-refractivity contribution in [3.05, 3.63) is 59.7 Å². The topological polar surface area (TPSA) is 47.6 Å². The first-order valence-corrected chi connectivity index (χ1v) is 8.42. The number of hydrogen-bond donors (Lipinski definition) is 2. The molecule has 25 heavy (non-hydrogen) atoms. The van der Waals surface area contributed by atoms with Crippen molar-refractivity contribution in [1.82, 2.24) is 10.2 Å². The van der Waals surface area contributed by atoms with Crippen molar-refractivity contribution >= 4 is 17.4 Å². The van der Waals surface area contributed by atoms with Crippen LogP contribution in [-0.2, 0) is 0 Å². The minimum absolute atomic E-state index is 0.111. The highest BCUT2D eigenvalue weighted by Gasteiger charge is 2.15. The number of urea groups is 1. The van der Waals surface area contributed by atoms with E-state index in [1.54, 1.807) is 0 Å². The highest BCUT2D eigenvalue weighted by atomic mass is 16.2. The van der Waals surface area contributed by atoms with E-state index in [2.05, 4.69) is 44.7 Å². The molecule has 2 rings (SSSR count). The van der Waals surface area contributed by atoms with Gasteiger partial charge in [-0.25, -0.2) is 4.79 Å². The second-order valence-electron chi connectivity index (χ2n) is 6.67. The van der Waals surface area contributed by atoms with Crippen molar-refractivity contribution in [2.24, 2.45) is 0 Å². The standard InChI is InChI=1S/C20H28N4O/c1-15-6-10-17(11-7-15)22-20(25)21-14-19(24(4)5)16-8-12-18(13-9-16)23(2)3/h6-13,19H,14H2,1-5H3,(H2,21,22,25)/t19-/m0/s1. The van der Waals surface area contributed by atoms with E-state index in [-0.39, 0.29) is 12.1 Å². The van der Waals surface area contributed by atoms with Crippen LogP contribution in [0, 0.1) is 6.92 Å². The number of hydrogen-bond acceptors (Lipinski definition) is 3. The van der Waals surface area contributed by atoms with Gasteiger partial charge in [0.2, 0.25) is 0 Å². The fourth-order valence-electron chi connectivity index (χ4n) is 2.59. The SMILES string of the molecule is Cc1ccc(NC(=O)NC[C@@H](c2ccc(N(C)C)cc2)N(C)C)cc1. The molecule has 0 fully saturated rings. The molecule has 5 heteroatoms. The van der Waals surface area contributed by atoms with Gasteiger partial charge in [0.25, 0.3) is 0 Å². The first-order chi connectivity index (χ1) is 11.9. The summed E-state index contributed by atoms with van der Waals surface area (Å²) in [4.78, 5) is 16.3. The molecule has 0 unspecified atom stereocenters. The Labute approximate surface area is 150 Å². The van der Waals surface area contributed by atoms with Gasteiger partial charge in [-0.05, 0) is 50.8 Å². The van der Waals surface area contributed by atoms with Crippen molar-refractivity contribution in [2.45, 2.75) is 13.0 Å². The van der Waals surface area contributed by atoms with Gasteiger partial charge in [-0.2, -0.15) is 0 Å². The number of benzene rings is 2. The summed E-state index contributed by atoms with van der Waals surface area (Å²) in [6.45, 7) is 2.55. The normalized spacial score (nSPS) is 11.9. The quantitative estimate of drug-likeness (QED) is 0.846. The van der Waals surface area contributed by atoms with Gasteiger partial charge in [0.1, 0.15) is 0 Å². The molecule has 0 aliphatic rings. The molecule has 0 heterocycles. The number of rotatable bonds is 6. The van der Waals surface area contributed by atoms with Gasteiger partial charge in [-0.3, -0.25) is 0 Å². The molecule has 1 atom stereocenters. The zero-order valence-corrected chi connectivity index (χ0v) is 15.7. The van der Waals surface area contributed by atoms with E-state index in [9.17, 15) is 4.79 Å². The lowest BCUT2D eigenvalue weighted by Crippen LogP contribution is -2.36. The van der Waals surface area contributed by atoms with E-state index < -0.39 is 0 Å². The summed E-state index contributed by atoms with van der Waals surface area (Å²) in [6, 6.07) is 16.1. The maximum absolute atomic E-state index is 12.2. The highest BCUT2D eigenvalue weighted by Crippen LogP contribution is 2.21. The number of anilines is 2. The summed E-state index contributed by atoms with van der Waals surface area (Å²) >= 11 is 0. The van der Waals surface area contributed by atoms with Crippen LogP contribution < -0.4 is 15.5 Å². The average Bonchev–Trinajstić information content (AvgIpc) is 2.57. The molecule has 0 aliphatic carbocycles. The maximum Gasteiger partial charge on any atom is 0.319 e. The molecule has 0 spiro atoms. The monoisotopic (exact) mass is 340 g/mol. The van der Waals surface area contributed by atoms with Gasteiger partial charge < -0.3 is 20.4 Å². The van der Waals surface area contributed by atoms with Crippen LogP contribution in [0.4, 0.5) is 16.2 Å². The van der Waals surface area contributed by atoms with Crippen LogP contribution in [0.5, 0.6) is 0 Å². The Hall–Kier alpha value is -2.53. The Morgan fingerprint density at radius 2 is 1.56 bits per heavy atom. The molecule has 0 saturated carbocycles. The van der Waals surface area contributed by atoms with Gasteiger partial charge in [-0.15, -0.1) is 0 Å². The van der Waals surface area contributed by atoms with Crippen LogP contribution in [0.2, 0.25) is 0 Å². The van der Waals surface area contributed by atoms with E-state index in [0.717, 1.165) is 11.4 Å². The Morgan fingerprint density at radius 3 is 2.08 bits per heavy atom. The molecule has 2 aromatic rings. The van der Waals surface area contributed by atoms with E-state index in [4.69, 9.17) is 0 Å². The van der Waals surface area contributed by atoms with E-state index >= 15 is 0 Å². The van der Waals surface area contributed by atoms with Crippen LogP contribution in [0.1, 0.15) is 17.2 Å². The number of nitrogens with zero attached hydrogens (tertiary/aromatic N) is 2. The summed E-state index contributed by atoms with van der Waals surface area (Å²) in [6.07, 6.45) is 0. The third kappa shape index (κ3) is 5.50. The van der Waals surface area contributed by atoms with Gasteiger partial charge in [0.05, 0.1) is 6.04 Å². The molecule has 2 amide bonds. The smallest absolute Gasteiger partial charge is 0.319 e. The molecular formula is C20H28N4O. The molecule has 2 aromatic carbocycles. The number of aryl methyl sites for hydroxylation is 1. The van der Waals surface area contributed by atoms with E-state index in [1.807, 2.05) is 59.4 Å². The molecular weight excluding hydrogens is 312 g/mol.